The van der Waals surface area contributed by atoms with E-state index < -0.39 is 0 Å². The average Bonchev–Trinajstić information content (AvgIpc) is 2.59. The van der Waals surface area contributed by atoms with Gasteiger partial charge in [0, 0.05) is 23.3 Å². The fraction of sp³-hybridized carbons (Fsp3) is 0.227. The molecule has 0 spiro atoms. The molecule has 0 saturated heterocycles. The summed E-state index contributed by atoms with van der Waals surface area (Å²) in [6.45, 7) is 6.40. The third-order valence-electron chi connectivity index (χ3n) is 4.91. The minimum atomic E-state index is -0.329. The van der Waals surface area contributed by atoms with E-state index >= 15 is 0 Å². The normalized spacial score (nSPS) is 16.0. The summed E-state index contributed by atoms with van der Waals surface area (Å²) in [7, 11) is 2.05. The van der Waals surface area contributed by atoms with Crippen LogP contribution in [0.15, 0.2) is 42.5 Å². The Morgan fingerprint density at radius 2 is 1.88 bits per heavy atom. The minimum Gasteiger partial charge on any atom is -0.365 e. The van der Waals surface area contributed by atoms with Gasteiger partial charge in [0.15, 0.2) is 0 Å². The monoisotopic (exact) mass is 366 g/mol. The zero-order valence-corrected chi connectivity index (χ0v) is 16.0. The molecule has 0 atom stereocenters. The van der Waals surface area contributed by atoms with E-state index in [2.05, 4.69) is 37.8 Å². The maximum absolute atomic E-state index is 13.1. The number of likely N-dealkylation sites (N-methyl/N-ethyl adjacent to an activating group) is 1. The highest BCUT2D eigenvalue weighted by Gasteiger charge is 2.29. The number of hydrogen-bond acceptors (Lipinski definition) is 2. The first-order chi connectivity index (χ1) is 12.2. The molecule has 1 heterocycles. The fourth-order valence-corrected chi connectivity index (χ4v) is 3.48. The number of anilines is 1. The van der Waals surface area contributed by atoms with Crippen molar-refractivity contribution in [3.05, 3.63) is 70.0 Å². The van der Waals surface area contributed by atoms with Crippen molar-refractivity contribution >= 4 is 34.5 Å². The van der Waals surface area contributed by atoms with Crippen molar-refractivity contribution in [2.24, 2.45) is 0 Å². The van der Waals surface area contributed by atoms with Crippen LogP contribution in [0.1, 0.15) is 37.5 Å². The topological polar surface area (TPSA) is 27.0 Å². The summed E-state index contributed by atoms with van der Waals surface area (Å²) in [5.74, 6) is -0.329. The van der Waals surface area contributed by atoms with Gasteiger partial charge in [0.2, 0.25) is 0 Å². The highest BCUT2D eigenvalue weighted by Crippen LogP contribution is 2.41. The van der Waals surface area contributed by atoms with Gasteiger partial charge in [0.1, 0.15) is 5.82 Å². The predicted octanol–water partition coefficient (Wildman–Crippen LogP) is 6.17. The van der Waals surface area contributed by atoms with E-state index in [1.54, 1.807) is 18.2 Å². The smallest absolute Gasteiger partial charge is 0.123 e. The number of fused-ring (bicyclic) bond motifs is 1. The number of hydrogen-bond donors (Lipinski definition) is 0. The highest BCUT2D eigenvalue weighted by atomic mass is 35.5. The first-order valence-corrected chi connectivity index (χ1v) is 8.75. The Morgan fingerprint density at radius 3 is 2.50 bits per heavy atom. The van der Waals surface area contributed by atoms with Gasteiger partial charge in [-0.1, -0.05) is 29.8 Å². The minimum absolute atomic E-state index is 0.0936. The van der Waals surface area contributed by atoms with Gasteiger partial charge in [-0.3, -0.25) is 0 Å². The van der Waals surface area contributed by atoms with Crippen LogP contribution in [0.2, 0.25) is 5.02 Å². The molecule has 0 amide bonds. The number of benzene rings is 2. The molecule has 3 rings (SSSR count). The van der Waals surface area contributed by atoms with Crippen LogP contribution in [0.4, 0.5) is 10.1 Å². The molecular formula is C22H20ClFN2. The molecule has 2 aromatic carbocycles. The number of halogens is 2. The number of nitriles is 1. The highest BCUT2D eigenvalue weighted by molar-refractivity contribution is 6.32. The van der Waals surface area contributed by atoms with E-state index in [0.29, 0.717) is 16.2 Å². The summed E-state index contributed by atoms with van der Waals surface area (Å²) in [5, 5.41) is 10.1. The summed E-state index contributed by atoms with van der Waals surface area (Å²) in [5.41, 5.74) is 5.12. The molecule has 2 aromatic rings. The van der Waals surface area contributed by atoms with Gasteiger partial charge in [-0.25, -0.2) is 4.39 Å². The maximum atomic E-state index is 13.1. The molecule has 1 aliphatic rings. The number of nitrogens with zero attached hydrogens (tertiary/aromatic N) is 2. The third kappa shape index (κ3) is 3.25. The molecule has 0 N–H and O–H groups in total. The quantitative estimate of drug-likeness (QED) is 0.469. The lowest BCUT2D eigenvalue weighted by Gasteiger charge is -2.40. The van der Waals surface area contributed by atoms with Crippen LogP contribution in [-0.2, 0) is 0 Å². The zero-order chi connectivity index (χ0) is 19.1. The van der Waals surface area contributed by atoms with E-state index in [1.165, 1.54) is 17.7 Å². The van der Waals surface area contributed by atoms with Crippen LogP contribution in [0, 0.1) is 17.1 Å². The maximum Gasteiger partial charge on any atom is 0.123 e. The molecular weight excluding hydrogens is 347 g/mol. The third-order valence-corrected chi connectivity index (χ3v) is 5.24. The Bertz CT molecular complexity index is 963. The fourth-order valence-electron chi connectivity index (χ4n) is 3.26. The number of rotatable bonds is 2. The van der Waals surface area contributed by atoms with Crippen LogP contribution in [0.25, 0.3) is 17.2 Å². The molecule has 0 radical (unpaired) electrons. The van der Waals surface area contributed by atoms with Gasteiger partial charge in [-0.05, 0) is 67.8 Å². The van der Waals surface area contributed by atoms with Crippen LogP contribution in [-0.4, -0.2) is 12.6 Å². The Hall–Kier alpha value is -2.57. The summed E-state index contributed by atoms with van der Waals surface area (Å²) in [6.07, 6.45) is 3.98. The first kappa shape index (κ1) is 18.2. The van der Waals surface area contributed by atoms with Gasteiger partial charge in [-0.15, -0.1) is 0 Å². The molecule has 4 heteroatoms. The van der Waals surface area contributed by atoms with Gasteiger partial charge in [-0.2, -0.15) is 5.26 Å². The van der Waals surface area contributed by atoms with Crippen LogP contribution < -0.4 is 4.90 Å². The van der Waals surface area contributed by atoms with Gasteiger partial charge >= 0.3 is 0 Å². The van der Waals surface area contributed by atoms with Crippen LogP contribution >= 0.6 is 11.6 Å². The van der Waals surface area contributed by atoms with Gasteiger partial charge in [0.25, 0.3) is 0 Å². The Morgan fingerprint density at radius 1 is 1.23 bits per heavy atom. The molecule has 26 heavy (non-hydrogen) atoms. The SMILES string of the molecule is CC1=CC(C)(C)N(C)c2cc(Cl)c(/C=C(\C#N)c3ccc(F)cc3)cc21. The second-order valence-electron chi connectivity index (χ2n) is 7.11. The molecule has 1 aliphatic heterocycles. The van der Waals surface area contributed by atoms with Crippen molar-refractivity contribution in [3.8, 4) is 6.07 Å². The van der Waals surface area contributed by atoms with E-state index in [9.17, 15) is 9.65 Å². The molecule has 0 fully saturated rings. The zero-order valence-electron chi connectivity index (χ0n) is 15.3. The summed E-state index contributed by atoms with van der Waals surface area (Å²) in [4.78, 5) is 2.19. The summed E-state index contributed by atoms with van der Waals surface area (Å²) in [6, 6.07) is 12.0. The van der Waals surface area contributed by atoms with Crippen molar-refractivity contribution in [1.29, 1.82) is 5.26 Å². The second-order valence-corrected chi connectivity index (χ2v) is 7.51. The molecule has 0 unspecified atom stereocenters. The average molecular weight is 367 g/mol. The molecule has 0 aliphatic carbocycles. The van der Waals surface area contributed by atoms with E-state index in [-0.39, 0.29) is 11.4 Å². The standard InChI is InChI=1S/C22H20ClFN2/c1-14-12-22(2,3)26(4)21-11-20(23)16(10-19(14)21)9-17(13-25)15-5-7-18(24)8-6-15/h5-12H,1-4H3/b17-9+. The Kier molecular flexibility index (Phi) is 4.64. The molecule has 0 saturated carbocycles. The van der Waals surface area contributed by atoms with E-state index in [0.717, 1.165) is 16.8 Å². The Labute approximate surface area is 158 Å². The van der Waals surface area contributed by atoms with Crippen LogP contribution in [0.5, 0.6) is 0 Å². The predicted molar refractivity (Wildman–Crippen MR) is 107 cm³/mol. The lowest BCUT2D eigenvalue weighted by Crippen LogP contribution is -2.42. The van der Waals surface area contributed by atoms with Gasteiger partial charge < -0.3 is 4.90 Å². The molecule has 0 aromatic heterocycles. The van der Waals surface area contributed by atoms with E-state index in [1.807, 2.05) is 19.2 Å². The van der Waals surface area contributed by atoms with Crippen molar-refractivity contribution in [2.75, 3.05) is 11.9 Å². The largest absolute Gasteiger partial charge is 0.365 e. The molecule has 2 nitrogen and oxygen atoms in total. The lowest BCUT2D eigenvalue weighted by molar-refractivity contribution is 0.598. The summed E-state index contributed by atoms with van der Waals surface area (Å²) >= 11 is 6.52. The van der Waals surface area contributed by atoms with Crippen molar-refractivity contribution in [2.45, 2.75) is 26.3 Å². The first-order valence-electron chi connectivity index (χ1n) is 8.38. The second kappa shape index (κ2) is 6.63. The van der Waals surface area contributed by atoms with Gasteiger partial charge in [0.05, 0.1) is 17.2 Å². The van der Waals surface area contributed by atoms with Crippen molar-refractivity contribution in [3.63, 3.8) is 0 Å². The number of allylic oxidation sites excluding steroid dienone is 2. The summed E-state index contributed by atoms with van der Waals surface area (Å²) < 4.78 is 13.1. The lowest BCUT2D eigenvalue weighted by atomic mass is 9.88. The van der Waals surface area contributed by atoms with Crippen molar-refractivity contribution < 1.29 is 4.39 Å². The Balaban J connectivity index is 2.12. The van der Waals surface area contributed by atoms with Crippen LogP contribution in [0.3, 0.4) is 0 Å². The molecule has 0 bridgehead atoms. The van der Waals surface area contributed by atoms with Crippen molar-refractivity contribution in [1.82, 2.24) is 0 Å². The molecule has 132 valence electrons. The van der Waals surface area contributed by atoms with E-state index in [4.69, 9.17) is 11.6 Å².